The number of ether oxygens (including phenoxy) is 1. The van der Waals surface area contributed by atoms with Gasteiger partial charge in [0.05, 0.1) is 24.8 Å². The van der Waals surface area contributed by atoms with Crippen LogP contribution in [0.1, 0.15) is 66.9 Å². The van der Waals surface area contributed by atoms with Crippen molar-refractivity contribution >= 4 is 39.2 Å². The molecule has 3 aromatic heterocycles. The van der Waals surface area contributed by atoms with Gasteiger partial charge in [0.25, 0.3) is 12.4 Å². The van der Waals surface area contributed by atoms with Gasteiger partial charge in [-0.3, -0.25) is 0 Å². The Morgan fingerprint density at radius 3 is 1.91 bits per heavy atom. The van der Waals surface area contributed by atoms with Crippen LogP contribution in [0.15, 0.2) is 164 Å². The molecular formula is C55H45N7OPt+2. The normalized spacial score (nSPS) is 14.8. The quantitative estimate of drug-likeness (QED) is 0.112. The van der Waals surface area contributed by atoms with Crippen LogP contribution in [0, 0.1) is 12.1 Å². The van der Waals surface area contributed by atoms with Gasteiger partial charge in [-0.15, -0.1) is 23.6 Å². The summed E-state index contributed by atoms with van der Waals surface area (Å²) >= 11 is 0. The first kappa shape index (κ1) is 31.7. The smallest absolute Gasteiger partial charge is 0.508 e. The van der Waals surface area contributed by atoms with Crippen LogP contribution in [0.5, 0.6) is 11.5 Å². The molecule has 1 aliphatic rings. The Labute approximate surface area is 402 Å². The molecule has 64 heavy (non-hydrogen) atoms. The zero-order valence-electron chi connectivity index (χ0n) is 45.7. The summed E-state index contributed by atoms with van der Waals surface area (Å²) in [6, 6.07) is 30.6. The molecule has 0 amide bonds. The van der Waals surface area contributed by atoms with Crippen molar-refractivity contribution in [3.05, 3.63) is 188 Å². The Hall–Kier alpha value is -7.11. The van der Waals surface area contributed by atoms with E-state index >= 15 is 0 Å². The molecule has 0 fully saturated rings. The average molecular weight is 1030 g/mol. The Balaban J connectivity index is 0.00000672. The molecule has 0 bridgehead atoms. The van der Waals surface area contributed by atoms with Crippen molar-refractivity contribution in [2.75, 3.05) is 0 Å². The maximum atomic E-state index is 8.92. The van der Waals surface area contributed by atoms with Gasteiger partial charge in [-0.2, -0.15) is 6.07 Å². The number of hydrogen-bond donors (Lipinski definition) is 0. The molecule has 0 saturated heterocycles. The number of benzene rings is 6. The second-order valence-electron chi connectivity index (χ2n) is 17.0. The van der Waals surface area contributed by atoms with Crippen LogP contribution < -0.4 is 4.74 Å². The number of rotatable bonds is 8. The van der Waals surface area contributed by atoms with Gasteiger partial charge < -0.3 is 9.30 Å². The van der Waals surface area contributed by atoms with Gasteiger partial charge >= 0.3 is 27.1 Å². The largest absolute Gasteiger partial charge is 2.00 e. The molecule has 8 nitrogen and oxygen atoms in total. The summed E-state index contributed by atoms with van der Waals surface area (Å²) < 4.78 is 98.2. The SMILES string of the molecule is [2H]c1c([2H])c([2H])c(-c2cccc(-c3c([2H])c([2H])c([2H])c([2H])c3[2H])c2[N+]2=C=[N+](c3[c-]c(Oc4[c-]c5c(cc4-c4nc(C(C)(C)C)nc(C(C)(C)C)n4)c4ccccc4n5-c4ccccn4)ccc3)C=C2)c([2H])c1[2H].[Pt+2]. The Bertz CT molecular complexity index is 3740. The van der Waals surface area contributed by atoms with Crippen molar-refractivity contribution in [3.8, 4) is 51.0 Å². The van der Waals surface area contributed by atoms with Gasteiger partial charge in [-0.1, -0.05) is 159 Å². The fraction of sp³-hybridized carbons (Fsp3) is 0.145. The fourth-order valence-electron chi connectivity index (χ4n) is 7.35. The topological polar surface area (TPSA) is 71.7 Å². The van der Waals surface area contributed by atoms with Crippen LogP contribution in [0.3, 0.4) is 0 Å². The summed E-state index contributed by atoms with van der Waals surface area (Å²) in [5.41, 5.74) is 1.84. The fourth-order valence-corrected chi connectivity index (χ4v) is 7.35. The third-order valence-corrected chi connectivity index (χ3v) is 10.4. The Morgan fingerprint density at radius 2 is 1.27 bits per heavy atom. The average Bonchev–Trinajstić information content (AvgIpc) is 3.99. The second-order valence-corrected chi connectivity index (χ2v) is 17.0. The first-order valence-corrected chi connectivity index (χ1v) is 20.3. The van der Waals surface area contributed by atoms with Gasteiger partial charge in [0, 0.05) is 34.0 Å². The minimum absolute atomic E-state index is 0. The second kappa shape index (κ2) is 16.9. The molecule has 10 rings (SSSR count). The van der Waals surface area contributed by atoms with Gasteiger partial charge in [0.15, 0.2) is 0 Å². The van der Waals surface area contributed by atoms with Crippen molar-refractivity contribution in [1.82, 2.24) is 24.5 Å². The molecule has 0 aliphatic carbocycles. The number of hydrogen-bond acceptors (Lipinski definition) is 5. The van der Waals surface area contributed by atoms with Crippen molar-refractivity contribution in [2.45, 2.75) is 52.4 Å². The molecule has 9 heteroatoms. The molecule has 9 aromatic rings. The molecule has 0 unspecified atom stereocenters. The number of para-hydroxylation sites is 2. The van der Waals surface area contributed by atoms with Crippen molar-refractivity contribution in [3.63, 3.8) is 0 Å². The van der Waals surface area contributed by atoms with Gasteiger partial charge in [0.2, 0.25) is 5.69 Å². The van der Waals surface area contributed by atoms with E-state index < -0.39 is 71.3 Å². The molecule has 0 atom stereocenters. The van der Waals surface area contributed by atoms with E-state index in [9.17, 15) is 0 Å². The molecule has 1 aliphatic heterocycles. The standard InChI is InChI=1S/C55H45N7O.Pt/c1-54(2,3)52-57-51(58-53(59-52)55(4,5)6)45-34-44-43-25-13-14-28-46(43)62(49-29-15-16-30-56-49)47(44)35-48(45)63-40-24-17-23-39(33-40)60-31-32-61(36-60)50-41(37-19-9-7-10-20-37)26-18-27-42(50)38-21-11-8-12-22-38;/h7-32,34H,1-6H3;/q;+2/i7D,8D,9D,10D,11D,12D,19D,20D,21D,22D;. The van der Waals surface area contributed by atoms with Crippen molar-refractivity contribution in [2.24, 2.45) is 0 Å². The Kier molecular flexibility index (Phi) is 8.35. The molecule has 6 aromatic carbocycles. The zero-order chi connectivity index (χ0) is 52.0. The number of fused-ring (bicyclic) bond motifs is 3. The Morgan fingerprint density at radius 1 is 0.641 bits per heavy atom. The summed E-state index contributed by atoms with van der Waals surface area (Å²) in [4.78, 5) is 19.8. The maximum Gasteiger partial charge on any atom is 2.00 e. The van der Waals surface area contributed by atoms with E-state index in [1.54, 1.807) is 59.6 Å². The van der Waals surface area contributed by atoms with E-state index in [0.717, 1.165) is 16.3 Å². The summed E-state index contributed by atoms with van der Waals surface area (Å²) in [7, 11) is 0. The van der Waals surface area contributed by atoms with Crippen molar-refractivity contribution < 1.29 is 48.7 Å². The number of nitrogens with zero attached hydrogens (tertiary/aromatic N) is 7. The molecule has 0 N–H and O–H groups in total. The molecule has 0 spiro atoms. The summed E-state index contributed by atoms with van der Waals surface area (Å²) in [6.45, 7) is 12.3. The molecule has 0 radical (unpaired) electrons. The monoisotopic (exact) mass is 1020 g/mol. The van der Waals surface area contributed by atoms with Crippen LogP contribution in [0.2, 0.25) is 0 Å². The van der Waals surface area contributed by atoms with Crippen LogP contribution in [0.4, 0.5) is 11.4 Å². The van der Waals surface area contributed by atoms with Crippen LogP contribution in [-0.4, -0.2) is 39.7 Å². The molecular weight excluding hydrogens is 970 g/mol. The molecule has 314 valence electrons. The molecule has 4 heterocycles. The van der Waals surface area contributed by atoms with Gasteiger partial charge in [-0.25, -0.2) is 19.9 Å². The first-order valence-electron chi connectivity index (χ1n) is 25.3. The van der Waals surface area contributed by atoms with E-state index in [-0.39, 0.29) is 54.8 Å². The van der Waals surface area contributed by atoms with E-state index in [0.29, 0.717) is 45.8 Å². The predicted octanol–water partition coefficient (Wildman–Crippen LogP) is 13.0. The minimum atomic E-state index is -0.581. The summed E-state index contributed by atoms with van der Waals surface area (Å²) in [5.74, 6) is 2.88. The van der Waals surface area contributed by atoms with Crippen LogP contribution >= 0.6 is 0 Å². The van der Waals surface area contributed by atoms with E-state index in [1.165, 1.54) is 4.58 Å². The third kappa shape index (κ3) is 8.03. The predicted molar refractivity (Wildman–Crippen MR) is 250 cm³/mol. The van der Waals surface area contributed by atoms with E-state index in [2.05, 4.69) is 65.7 Å². The minimum Gasteiger partial charge on any atom is -0.508 e. The van der Waals surface area contributed by atoms with Gasteiger partial charge in [-0.05, 0) is 52.4 Å². The number of pyridine rings is 1. The van der Waals surface area contributed by atoms with Gasteiger partial charge in [0.1, 0.15) is 29.0 Å². The molecule has 0 saturated carbocycles. The van der Waals surface area contributed by atoms with Crippen molar-refractivity contribution in [1.29, 1.82) is 0 Å². The first-order chi connectivity index (χ1) is 34.6. The van der Waals surface area contributed by atoms with Crippen LogP contribution in [-0.2, 0) is 31.9 Å². The van der Waals surface area contributed by atoms with E-state index in [1.807, 2.05) is 47.0 Å². The summed E-state index contributed by atoms with van der Waals surface area (Å²) in [5, 5.41) is 1.83. The maximum absolute atomic E-state index is 8.92. The third-order valence-electron chi connectivity index (χ3n) is 10.4. The summed E-state index contributed by atoms with van der Waals surface area (Å²) in [6.07, 6.45) is 4.99. The number of aromatic nitrogens is 5. The van der Waals surface area contributed by atoms with E-state index in [4.69, 9.17) is 38.4 Å². The zero-order valence-corrected chi connectivity index (χ0v) is 37.9. The van der Waals surface area contributed by atoms with Crippen LogP contribution in [0.25, 0.3) is 61.3 Å².